The van der Waals surface area contributed by atoms with Crippen LogP contribution in [0.3, 0.4) is 0 Å². The van der Waals surface area contributed by atoms with Gasteiger partial charge in [-0.2, -0.15) is 0 Å². The first-order valence-electron chi connectivity index (χ1n) is 9.03. The Morgan fingerprint density at radius 1 is 1.04 bits per heavy atom. The monoisotopic (exact) mass is 362 g/mol. The van der Waals surface area contributed by atoms with E-state index in [1.54, 1.807) is 4.90 Å². The van der Waals surface area contributed by atoms with Gasteiger partial charge in [-0.05, 0) is 49.7 Å². The Morgan fingerprint density at radius 2 is 1.81 bits per heavy atom. The summed E-state index contributed by atoms with van der Waals surface area (Å²) in [6, 6.07) is 13.7. The smallest absolute Gasteiger partial charge is 0.254 e. The lowest BCUT2D eigenvalue weighted by Gasteiger charge is -2.22. The lowest BCUT2D eigenvalue weighted by atomic mass is 10.0. The van der Waals surface area contributed by atoms with Crippen LogP contribution in [0.1, 0.15) is 27.2 Å². The van der Waals surface area contributed by atoms with E-state index in [1.807, 2.05) is 63.4 Å². The third kappa shape index (κ3) is 3.45. The number of hydrogen-bond acceptors (Lipinski definition) is 4. The van der Waals surface area contributed by atoms with Gasteiger partial charge in [0, 0.05) is 24.7 Å². The van der Waals surface area contributed by atoms with Gasteiger partial charge in [0.2, 0.25) is 0 Å². The molecule has 2 heterocycles. The van der Waals surface area contributed by atoms with Gasteiger partial charge in [-0.25, -0.2) is 0 Å². The Morgan fingerprint density at radius 3 is 2.63 bits per heavy atom. The van der Waals surface area contributed by atoms with E-state index in [0.29, 0.717) is 25.3 Å². The van der Waals surface area contributed by atoms with Gasteiger partial charge in [0.15, 0.2) is 11.5 Å². The average Bonchev–Trinajstić information content (AvgIpc) is 2.67. The van der Waals surface area contributed by atoms with Crippen LogP contribution in [0.2, 0.25) is 0 Å². The van der Waals surface area contributed by atoms with Crippen molar-refractivity contribution in [3.63, 3.8) is 0 Å². The molecule has 138 valence electrons. The number of nitrogens with zero attached hydrogens (tertiary/aromatic N) is 2. The Balaban J connectivity index is 1.63. The second-order valence-corrected chi connectivity index (χ2v) is 6.97. The van der Waals surface area contributed by atoms with Crippen LogP contribution in [0.4, 0.5) is 0 Å². The van der Waals surface area contributed by atoms with Crippen molar-refractivity contribution in [2.75, 3.05) is 20.3 Å². The van der Waals surface area contributed by atoms with E-state index in [0.717, 1.165) is 39.2 Å². The van der Waals surface area contributed by atoms with Crippen molar-refractivity contribution in [2.45, 2.75) is 20.4 Å². The molecule has 0 N–H and O–H groups in total. The van der Waals surface area contributed by atoms with Crippen molar-refractivity contribution >= 4 is 16.8 Å². The second kappa shape index (κ2) is 6.91. The van der Waals surface area contributed by atoms with Crippen LogP contribution < -0.4 is 9.47 Å². The Labute approximate surface area is 158 Å². The van der Waals surface area contributed by atoms with Gasteiger partial charge < -0.3 is 14.4 Å². The highest BCUT2D eigenvalue weighted by atomic mass is 16.6. The molecule has 0 unspecified atom stereocenters. The van der Waals surface area contributed by atoms with Crippen molar-refractivity contribution in [1.82, 2.24) is 9.88 Å². The van der Waals surface area contributed by atoms with Crippen molar-refractivity contribution in [3.8, 4) is 11.5 Å². The van der Waals surface area contributed by atoms with Crippen LogP contribution in [-0.4, -0.2) is 36.1 Å². The minimum Gasteiger partial charge on any atom is -0.486 e. The Hall–Kier alpha value is -3.08. The molecule has 0 saturated heterocycles. The number of rotatable bonds is 3. The van der Waals surface area contributed by atoms with Crippen LogP contribution in [0.25, 0.3) is 10.9 Å². The highest BCUT2D eigenvalue weighted by Gasteiger charge is 2.18. The molecule has 5 heteroatoms. The fraction of sp³-hybridized carbons (Fsp3) is 0.273. The van der Waals surface area contributed by atoms with Crippen LogP contribution in [-0.2, 0) is 6.54 Å². The van der Waals surface area contributed by atoms with Crippen LogP contribution in [0.15, 0.2) is 42.5 Å². The predicted octanol–water partition coefficient (Wildman–Crippen LogP) is 3.90. The molecular formula is C22H22N2O3. The molecule has 1 aromatic heterocycles. The fourth-order valence-corrected chi connectivity index (χ4v) is 3.39. The summed E-state index contributed by atoms with van der Waals surface area (Å²) in [5.41, 5.74) is 4.47. The Bertz CT molecular complexity index is 1030. The normalized spacial score (nSPS) is 12.9. The average molecular weight is 362 g/mol. The molecule has 3 aromatic rings. The minimum atomic E-state index is -0.0222. The summed E-state index contributed by atoms with van der Waals surface area (Å²) >= 11 is 0. The molecule has 27 heavy (non-hydrogen) atoms. The lowest BCUT2D eigenvalue weighted by Crippen LogP contribution is -2.26. The first kappa shape index (κ1) is 17.3. The van der Waals surface area contributed by atoms with E-state index in [-0.39, 0.29) is 5.91 Å². The van der Waals surface area contributed by atoms with Gasteiger partial charge in [0.05, 0.1) is 11.1 Å². The van der Waals surface area contributed by atoms with E-state index < -0.39 is 0 Å². The van der Waals surface area contributed by atoms with E-state index in [1.165, 1.54) is 0 Å². The maximum atomic E-state index is 13.2. The molecule has 0 aliphatic carbocycles. The zero-order chi connectivity index (χ0) is 19.0. The van der Waals surface area contributed by atoms with E-state index >= 15 is 0 Å². The fourth-order valence-electron chi connectivity index (χ4n) is 3.39. The van der Waals surface area contributed by atoms with Gasteiger partial charge in [-0.15, -0.1) is 0 Å². The number of aromatic nitrogens is 1. The summed E-state index contributed by atoms with van der Waals surface area (Å²) in [5.74, 6) is 1.47. The number of fused-ring (bicyclic) bond motifs is 2. The summed E-state index contributed by atoms with van der Waals surface area (Å²) in [5, 5.41) is 0.889. The predicted molar refractivity (Wildman–Crippen MR) is 104 cm³/mol. The summed E-state index contributed by atoms with van der Waals surface area (Å²) in [6.45, 7) is 5.54. The molecule has 0 atom stereocenters. The van der Waals surface area contributed by atoms with Gasteiger partial charge in [0.25, 0.3) is 5.91 Å². The number of benzene rings is 2. The number of pyridine rings is 1. The Kier molecular flexibility index (Phi) is 4.44. The summed E-state index contributed by atoms with van der Waals surface area (Å²) in [7, 11) is 1.82. The van der Waals surface area contributed by atoms with Crippen molar-refractivity contribution in [1.29, 1.82) is 0 Å². The lowest BCUT2D eigenvalue weighted by molar-refractivity contribution is 0.0786. The van der Waals surface area contributed by atoms with Gasteiger partial charge in [-0.1, -0.05) is 17.7 Å². The van der Waals surface area contributed by atoms with Crippen LogP contribution in [0, 0.1) is 13.8 Å². The molecule has 5 nitrogen and oxygen atoms in total. The first-order chi connectivity index (χ1) is 13.0. The van der Waals surface area contributed by atoms with Crippen molar-refractivity contribution in [3.05, 3.63) is 64.8 Å². The quantitative estimate of drug-likeness (QED) is 0.709. The number of carbonyl (C=O) groups excluding carboxylic acids is 1. The molecule has 0 saturated carbocycles. The maximum Gasteiger partial charge on any atom is 0.254 e. The van der Waals surface area contributed by atoms with E-state index in [4.69, 9.17) is 9.47 Å². The van der Waals surface area contributed by atoms with Crippen molar-refractivity contribution < 1.29 is 14.3 Å². The highest BCUT2D eigenvalue weighted by Crippen LogP contribution is 2.31. The molecule has 4 rings (SSSR count). The minimum absolute atomic E-state index is 0.0222. The van der Waals surface area contributed by atoms with E-state index in [2.05, 4.69) is 4.98 Å². The molecule has 0 spiro atoms. The molecule has 1 aliphatic rings. The SMILES string of the molecule is Cc1ccc2nc(C)cc(C(=O)N(C)Cc3ccc4c(c3)OCCO4)c2c1. The number of aryl methyl sites for hydroxylation is 2. The summed E-state index contributed by atoms with van der Waals surface area (Å²) in [6.07, 6.45) is 0. The van der Waals surface area contributed by atoms with Crippen LogP contribution >= 0.6 is 0 Å². The summed E-state index contributed by atoms with van der Waals surface area (Å²) < 4.78 is 11.2. The van der Waals surface area contributed by atoms with Gasteiger partial charge >= 0.3 is 0 Å². The third-order valence-corrected chi connectivity index (χ3v) is 4.70. The summed E-state index contributed by atoms with van der Waals surface area (Å²) in [4.78, 5) is 19.4. The van der Waals surface area contributed by atoms with Crippen molar-refractivity contribution in [2.24, 2.45) is 0 Å². The molecule has 0 bridgehead atoms. The number of carbonyl (C=O) groups is 1. The first-order valence-corrected chi connectivity index (χ1v) is 9.03. The molecule has 0 radical (unpaired) electrons. The largest absolute Gasteiger partial charge is 0.486 e. The highest BCUT2D eigenvalue weighted by molar-refractivity contribution is 6.06. The molecule has 2 aromatic carbocycles. The zero-order valence-electron chi connectivity index (χ0n) is 15.8. The van der Waals surface area contributed by atoms with Crippen LogP contribution in [0.5, 0.6) is 11.5 Å². The maximum absolute atomic E-state index is 13.2. The molecule has 1 aliphatic heterocycles. The number of amides is 1. The molecule has 0 fully saturated rings. The molecular weight excluding hydrogens is 340 g/mol. The van der Waals surface area contributed by atoms with Gasteiger partial charge in [-0.3, -0.25) is 9.78 Å². The standard InChI is InChI=1S/C22H22N2O3/c1-14-4-6-19-17(10-14)18(11-15(2)23-19)22(25)24(3)13-16-5-7-20-21(12-16)27-9-8-26-20/h4-7,10-12H,8-9,13H2,1-3H3. The number of ether oxygens (including phenoxy) is 2. The zero-order valence-corrected chi connectivity index (χ0v) is 15.8. The van der Waals surface area contributed by atoms with E-state index in [9.17, 15) is 4.79 Å². The topological polar surface area (TPSA) is 51.7 Å². The third-order valence-electron chi connectivity index (χ3n) is 4.70. The number of hydrogen-bond donors (Lipinski definition) is 0. The second-order valence-electron chi connectivity index (χ2n) is 6.97. The molecule has 1 amide bonds. The van der Waals surface area contributed by atoms with Gasteiger partial charge in [0.1, 0.15) is 13.2 Å².